The molecule has 3 N–H and O–H groups in total. The lowest BCUT2D eigenvalue weighted by molar-refractivity contribution is 0.410. The molecule has 0 saturated heterocycles. The lowest BCUT2D eigenvalue weighted by Gasteiger charge is -2.13. The summed E-state index contributed by atoms with van der Waals surface area (Å²) in [4.78, 5) is 14.1. The molecule has 0 radical (unpaired) electrons. The second-order valence-electron chi connectivity index (χ2n) is 4.38. The first-order chi connectivity index (χ1) is 9.60. The Hall–Kier alpha value is -2.57. The molecule has 2 aromatic rings. The quantitative estimate of drug-likeness (QED) is 0.845. The van der Waals surface area contributed by atoms with Gasteiger partial charge in [0.15, 0.2) is 0 Å². The van der Waals surface area contributed by atoms with E-state index in [-0.39, 0.29) is 5.95 Å². The summed E-state index contributed by atoms with van der Waals surface area (Å²) in [6.07, 6.45) is 0. The van der Waals surface area contributed by atoms with E-state index in [0.29, 0.717) is 18.4 Å². The largest absolute Gasteiger partial charge is 0.496 e. The number of nitrogens with one attached hydrogen (secondary N) is 1. The molecule has 0 saturated carbocycles. The molecule has 0 aliphatic rings. The number of aromatic nitrogens is 3. The van der Waals surface area contributed by atoms with E-state index in [4.69, 9.17) is 10.5 Å². The smallest absolute Gasteiger partial charge is 0.231 e. The van der Waals surface area contributed by atoms with Crippen molar-refractivity contribution in [2.75, 3.05) is 37.2 Å². The van der Waals surface area contributed by atoms with E-state index in [1.165, 1.54) is 0 Å². The van der Waals surface area contributed by atoms with E-state index in [1.54, 1.807) is 12.0 Å². The van der Waals surface area contributed by atoms with Gasteiger partial charge in [-0.1, -0.05) is 18.2 Å². The molecule has 106 valence electrons. The SMILES string of the molecule is COc1ccccc1CNc1nc(N)nc(N(C)C)n1. The Balaban J connectivity index is 2.14. The van der Waals surface area contributed by atoms with Crippen LogP contribution in [0.15, 0.2) is 24.3 Å². The van der Waals surface area contributed by atoms with Gasteiger partial charge in [-0.25, -0.2) is 0 Å². The Morgan fingerprint density at radius 3 is 2.65 bits per heavy atom. The molecule has 0 unspecified atom stereocenters. The molecule has 7 nitrogen and oxygen atoms in total. The summed E-state index contributed by atoms with van der Waals surface area (Å²) < 4.78 is 5.29. The minimum absolute atomic E-state index is 0.186. The van der Waals surface area contributed by atoms with Crippen molar-refractivity contribution < 1.29 is 4.74 Å². The number of methoxy groups -OCH3 is 1. The van der Waals surface area contributed by atoms with Crippen LogP contribution in [0, 0.1) is 0 Å². The fourth-order valence-electron chi connectivity index (χ4n) is 1.68. The van der Waals surface area contributed by atoms with Crippen LogP contribution in [-0.4, -0.2) is 36.2 Å². The van der Waals surface area contributed by atoms with Gasteiger partial charge < -0.3 is 20.7 Å². The third kappa shape index (κ3) is 3.25. The maximum Gasteiger partial charge on any atom is 0.231 e. The van der Waals surface area contributed by atoms with Crippen LogP contribution in [0.3, 0.4) is 0 Å². The van der Waals surface area contributed by atoms with Crippen LogP contribution in [0.2, 0.25) is 0 Å². The molecule has 0 amide bonds. The van der Waals surface area contributed by atoms with Gasteiger partial charge in [0, 0.05) is 26.2 Å². The van der Waals surface area contributed by atoms with Crippen LogP contribution in [0.1, 0.15) is 5.56 Å². The fourth-order valence-corrected chi connectivity index (χ4v) is 1.68. The summed E-state index contributed by atoms with van der Waals surface area (Å²) in [6, 6.07) is 7.76. The van der Waals surface area contributed by atoms with Crippen molar-refractivity contribution in [2.45, 2.75) is 6.54 Å². The molecule has 7 heteroatoms. The van der Waals surface area contributed by atoms with Gasteiger partial charge in [-0.15, -0.1) is 0 Å². The second-order valence-corrected chi connectivity index (χ2v) is 4.38. The number of ether oxygens (including phenoxy) is 1. The summed E-state index contributed by atoms with van der Waals surface area (Å²) >= 11 is 0. The standard InChI is InChI=1S/C13H18N6O/c1-19(2)13-17-11(14)16-12(18-13)15-8-9-6-4-5-7-10(9)20-3/h4-7H,8H2,1-3H3,(H3,14,15,16,17,18). The van der Waals surface area contributed by atoms with Crippen molar-refractivity contribution in [2.24, 2.45) is 0 Å². The van der Waals surface area contributed by atoms with E-state index < -0.39 is 0 Å². The molecule has 0 fully saturated rings. The molecule has 0 atom stereocenters. The molecule has 0 spiro atoms. The van der Waals surface area contributed by atoms with Crippen LogP contribution in [0.4, 0.5) is 17.8 Å². The third-order valence-electron chi connectivity index (χ3n) is 2.67. The highest BCUT2D eigenvalue weighted by Gasteiger charge is 2.07. The summed E-state index contributed by atoms with van der Waals surface area (Å²) in [6.45, 7) is 0.542. The Morgan fingerprint density at radius 1 is 1.20 bits per heavy atom. The minimum atomic E-state index is 0.186. The zero-order valence-electron chi connectivity index (χ0n) is 11.8. The lowest BCUT2D eigenvalue weighted by Crippen LogP contribution is -2.16. The first-order valence-corrected chi connectivity index (χ1v) is 6.15. The van der Waals surface area contributed by atoms with Gasteiger partial charge in [0.2, 0.25) is 17.8 Å². The maximum absolute atomic E-state index is 5.67. The number of hydrogen-bond acceptors (Lipinski definition) is 7. The minimum Gasteiger partial charge on any atom is -0.496 e. The van der Waals surface area contributed by atoms with Crippen LogP contribution < -0.4 is 20.7 Å². The van der Waals surface area contributed by atoms with Crippen molar-refractivity contribution >= 4 is 17.8 Å². The normalized spacial score (nSPS) is 10.2. The van der Waals surface area contributed by atoms with Crippen LogP contribution in [-0.2, 0) is 6.54 Å². The molecular formula is C13H18N6O. The van der Waals surface area contributed by atoms with E-state index >= 15 is 0 Å². The van der Waals surface area contributed by atoms with Crippen LogP contribution in [0.5, 0.6) is 5.75 Å². The van der Waals surface area contributed by atoms with Gasteiger partial charge in [0.25, 0.3) is 0 Å². The van der Waals surface area contributed by atoms with Gasteiger partial charge >= 0.3 is 0 Å². The molecule has 0 aliphatic carbocycles. The summed E-state index contributed by atoms with van der Waals surface area (Å²) in [7, 11) is 5.33. The van der Waals surface area contributed by atoms with Gasteiger partial charge in [-0.3, -0.25) is 0 Å². The molecule has 1 aromatic carbocycles. The van der Waals surface area contributed by atoms with E-state index in [9.17, 15) is 0 Å². The Labute approximate surface area is 117 Å². The Bertz CT molecular complexity index is 587. The van der Waals surface area contributed by atoms with Gasteiger partial charge in [0.05, 0.1) is 7.11 Å². The molecule has 0 bridgehead atoms. The second kappa shape index (κ2) is 6.05. The van der Waals surface area contributed by atoms with Crippen molar-refractivity contribution in [3.63, 3.8) is 0 Å². The highest BCUT2D eigenvalue weighted by molar-refractivity contribution is 5.42. The number of rotatable bonds is 5. The molecule has 20 heavy (non-hydrogen) atoms. The Morgan fingerprint density at radius 2 is 1.95 bits per heavy atom. The van der Waals surface area contributed by atoms with Gasteiger partial charge in [-0.2, -0.15) is 15.0 Å². The number of nitrogen functional groups attached to an aromatic ring is 1. The summed E-state index contributed by atoms with van der Waals surface area (Å²) in [5.41, 5.74) is 6.68. The number of para-hydroxylation sites is 1. The predicted molar refractivity (Wildman–Crippen MR) is 78.9 cm³/mol. The van der Waals surface area contributed by atoms with Crippen molar-refractivity contribution in [3.05, 3.63) is 29.8 Å². The monoisotopic (exact) mass is 274 g/mol. The molecule has 2 rings (SSSR count). The topological polar surface area (TPSA) is 89.2 Å². The van der Waals surface area contributed by atoms with Crippen molar-refractivity contribution in [1.82, 2.24) is 15.0 Å². The molecule has 1 aromatic heterocycles. The maximum atomic E-state index is 5.67. The zero-order valence-corrected chi connectivity index (χ0v) is 11.8. The average molecular weight is 274 g/mol. The van der Waals surface area contributed by atoms with Crippen LogP contribution in [0.25, 0.3) is 0 Å². The van der Waals surface area contributed by atoms with Gasteiger partial charge in [-0.05, 0) is 6.07 Å². The number of benzene rings is 1. The van der Waals surface area contributed by atoms with E-state index in [0.717, 1.165) is 11.3 Å². The first-order valence-electron chi connectivity index (χ1n) is 6.15. The van der Waals surface area contributed by atoms with Crippen molar-refractivity contribution in [3.8, 4) is 5.75 Å². The number of nitrogens with zero attached hydrogens (tertiary/aromatic N) is 4. The van der Waals surface area contributed by atoms with Crippen molar-refractivity contribution in [1.29, 1.82) is 0 Å². The van der Waals surface area contributed by atoms with Crippen LogP contribution >= 0.6 is 0 Å². The number of anilines is 3. The summed E-state index contributed by atoms with van der Waals surface area (Å²) in [5.74, 6) is 1.95. The first kappa shape index (κ1) is 13.9. The highest BCUT2D eigenvalue weighted by atomic mass is 16.5. The van der Waals surface area contributed by atoms with E-state index in [1.807, 2.05) is 38.4 Å². The fraction of sp³-hybridized carbons (Fsp3) is 0.308. The average Bonchev–Trinajstić information content (AvgIpc) is 2.44. The predicted octanol–water partition coefficient (Wildman–Crippen LogP) is 1.14. The number of hydrogen-bond donors (Lipinski definition) is 2. The Kier molecular flexibility index (Phi) is 4.19. The summed E-state index contributed by atoms with van der Waals surface area (Å²) in [5, 5.41) is 3.12. The lowest BCUT2D eigenvalue weighted by atomic mass is 10.2. The molecule has 1 heterocycles. The highest BCUT2D eigenvalue weighted by Crippen LogP contribution is 2.18. The molecule has 0 aliphatic heterocycles. The van der Waals surface area contributed by atoms with E-state index in [2.05, 4.69) is 20.3 Å². The van der Waals surface area contributed by atoms with Gasteiger partial charge in [0.1, 0.15) is 5.75 Å². The molecular weight excluding hydrogens is 256 g/mol. The zero-order chi connectivity index (χ0) is 14.5. The third-order valence-corrected chi connectivity index (χ3v) is 2.67. The number of nitrogens with two attached hydrogens (primary N) is 1.